The molecule has 98 valence electrons. The predicted molar refractivity (Wildman–Crippen MR) is 72.6 cm³/mol. The Hall–Kier alpha value is -0.840. The quantitative estimate of drug-likeness (QED) is 0.913. The molecule has 1 N–H and O–H groups in total. The Morgan fingerprint density at radius 1 is 1.44 bits per heavy atom. The first-order valence-corrected chi connectivity index (χ1v) is 7.49. The fourth-order valence-corrected chi connectivity index (χ4v) is 3.32. The normalized spacial score (nSPS) is 24.3. The lowest BCUT2D eigenvalue weighted by atomic mass is 10.00. The van der Waals surface area contributed by atoms with E-state index >= 15 is 0 Å². The van der Waals surface area contributed by atoms with Gasteiger partial charge in [-0.1, -0.05) is 6.92 Å². The maximum Gasteiger partial charge on any atom is 0.275 e. The Bertz CT molecular complexity index is 467. The van der Waals surface area contributed by atoms with Crippen molar-refractivity contribution in [2.45, 2.75) is 38.5 Å². The molecule has 4 nitrogen and oxygen atoms in total. The van der Waals surface area contributed by atoms with Crippen molar-refractivity contribution in [2.24, 2.45) is 5.92 Å². The monoisotopic (exact) mass is 311 g/mol. The van der Waals surface area contributed by atoms with E-state index in [1.54, 1.807) is 0 Å². The van der Waals surface area contributed by atoms with E-state index in [0.29, 0.717) is 17.5 Å². The minimum atomic E-state index is 0.0663. The van der Waals surface area contributed by atoms with Crippen molar-refractivity contribution in [2.75, 3.05) is 13.1 Å². The second-order valence-electron chi connectivity index (χ2n) is 5.57. The Balaban J connectivity index is 1.79. The summed E-state index contributed by atoms with van der Waals surface area (Å²) in [6.07, 6.45) is 4.73. The number of likely N-dealkylation sites (tertiary alicyclic amines) is 1. The number of aromatic amines is 1. The highest BCUT2D eigenvalue weighted by Gasteiger charge is 2.32. The molecule has 1 aliphatic heterocycles. The van der Waals surface area contributed by atoms with Gasteiger partial charge in [-0.05, 0) is 47.5 Å². The van der Waals surface area contributed by atoms with Crippen molar-refractivity contribution in [3.63, 3.8) is 0 Å². The number of hydrogen-bond donors (Lipinski definition) is 1. The SMILES string of the molecule is C[C@@H]1CCCN(C(=O)c2n[nH]c(C3CC3)c2Br)C1. The summed E-state index contributed by atoms with van der Waals surface area (Å²) in [7, 11) is 0. The van der Waals surface area contributed by atoms with Gasteiger partial charge < -0.3 is 4.90 Å². The second-order valence-corrected chi connectivity index (χ2v) is 6.37. The number of H-pyrrole nitrogens is 1. The van der Waals surface area contributed by atoms with Crippen LogP contribution in [0.25, 0.3) is 0 Å². The van der Waals surface area contributed by atoms with Crippen molar-refractivity contribution >= 4 is 21.8 Å². The summed E-state index contributed by atoms with van der Waals surface area (Å²) in [5.41, 5.74) is 1.66. The van der Waals surface area contributed by atoms with Gasteiger partial charge in [0, 0.05) is 19.0 Å². The lowest BCUT2D eigenvalue weighted by Gasteiger charge is -2.30. The number of hydrogen-bond acceptors (Lipinski definition) is 2. The van der Waals surface area contributed by atoms with Crippen molar-refractivity contribution < 1.29 is 4.79 Å². The van der Waals surface area contributed by atoms with Crippen LogP contribution in [0.5, 0.6) is 0 Å². The highest BCUT2D eigenvalue weighted by Crippen LogP contribution is 2.43. The Morgan fingerprint density at radius 2 is 2.22 bits per heavy atom. The van der Waals surface area contributed by atoms with Crippen LogP contribution in [0, 0.1) is 5.92 Å². The van der Waals surface area contributed by atoms with Crippen molar-refractivity contribution in [1.82, 2.24) is 15.1 Å². The van der Waals surface area contributed by atoms with Gasteiger partial charge in [-0.3, -0.25) is 9.89 Å². The lowest BCUT2D eigenvalue weighted by molar-refractivity contribution is 0.0676. The summed E-state index contributed by atoms with van der Waals surface area (Å²) in [6.45, 7) is 3.92. The van der Waals surface area contributed by atoms with Gasteiger partial charge in [0.2, 0.25) is 0 Å². The molecule has 1 aromatic heterocycles. The number of rotatable bonds is 2. The first kappa shape index (κ1) is 12.2. The van der Waals surface area contributed by atoms with Crippen LogP contribution in [0.15, 0.2) is 4.47 Å². The Labute approximate surface area is 115 Å². The van der Waals surface area contributed by atoms with Crippen molar-refractivity contribution in [1.29, 1.82) is 0 Å². The minimum Gasteiger partial charge on any atom is -0.337 e. The molecule has 1 atom stereocenters. The zero-order valence-electron chi connectivity index (χ0n) is 10.6. The highest BCUT2D eigenvalue weighted by molar-refractivity contribution is 9.10. The van der Waals surface area contributed by atoms with Crippen LogP contribution in [0.2, 0.25) is 0 Å². The van der Waals surface area contributed by atoms with Crippen LogP contribution >= 0.6 is 15.9 Å². The number of aromatic nitrogens is 2. The van der Waals surface area contributed by atoms with Crippen LogP contribution in [-0.2, 0) is 0 Å². The smallest absolute Gasteiger partial charge is 0.275 e. The predicted octanol–water partition coefficient (Wildman–Crippen LogP) is 2.92. The van der Waals surface area contributed by atoms with Crippen LogP contribution in [0.4, 0.5) is 0 Å². The molecule has 1 aromatic rings. The molecule has 0 radical (unpaired) electrons. The molecule has 2 fully saturated rings. The molecule has 0 spiro atoms. The molecular weight excluding hydrogens is 294 g/mol. The highest BCUT2D eigenvalue weighted by atomic mass is 79.9. The van der Waals surface area contributed by atoms with E-state index in [4.69, 9.17) is 0 Å². The maximum atomic E-state index is 12.4. The molecule has 3 rings (SSSR count). The van der Waals surface area contributed by atoms with E-state index in [0.717, 1.165) is 29.7 Å². The summed E-state index contributed by atoms with van der Waals surface area (Å²) in [5, 5.41) is 7.24. The number of amides is 1. The minimum absolute atomic E-state index is 0.0663. The summed E-state index contributed by atoms with van der Waals surface area (Å²) in [5.74, 6) is 1.24. The third kappa shape index (κ3) is 2.20. The third-order valence-corrected chi connectivity index (χ3v) is 4.67. The number of piperidine rings is 1. The molecule has 1 amide bonds. The standard InChI is InChI=1S/C13H18BrN3O/c1-8-3-2-6-17(7-8)13(18)12-10(14)11(15-16-12)9-4-5-9/h8-9H,2-7H2,1H3,(H,15,16)/t8-/m1/s1. The van der Waals surface area contributed by atoms with E-state index < -0.39 is 0 Å². The van der Waals surface area contributed by atoms with Gasteiger partial charge in [-0.25, -0.2) is 0 Å². The summed E-state index contributed by atoms with van der Waals surface area (Å²) < 4.78 is 0.883. The Kier molecular flexibility index (Phi) is 3.18. The van der Waals surface area contributed by atoms with Crippen LogP contribution in [-0.4, -0.2) is 34.1 Å². The molecule has 0 bridgehead atoms. The summed E-state index contributed by atoms with van der Waals surface area (Å²) in [6, 6.07) is 0. The van der Waals surface area contributed by atoms with Gasteiger partial charge in [0.15, 0.2) is 5.69 Å². The van der Waals surface area contributed by atoms with E-state index in [1.807, 2.05) is 4.90 Å². The van der Waals surface area contributed by atoms with Crippen molar-refractivity contribution in [3.05, 3.63) is 15.9 Å². The first-order valence-electron chi connectivity index (χ1n) is 6.70. The number of halogens is 1. The van der Waals surface area contributed by atoms with Gasteiger partial charge in [0.25, 0.3) is 5.91 Å². The van der Waals surface area contributed by atoms with E-state index in [9.17, 15) is 4.79 Å². The van der Waals surface area contributed by atoms with Crippen LogP contribution in [0.1, 0.15) is 54.7 Å². The van der Waals surface area contributed by atoms with Gasteiger partial charge in [-0.2, -0.15) is 5.10 Å². The molecule has 2 aliphatic rings. The molecule has 5 heteroatoms. The molecule has 1 saturated carbocycles. The van der Waals surface area contributed by atoms with E-state index in [-0.39, 0.29) is 5.91 Å². The molecule has 1 saturated heterocycles. The van der Waals surface area contributed by atoms with E-state index in [2.05, 4.69) is 33.1 Å². The molecular formula is C13H18BrN3O. The molecule has 0 aromatic carbocycles. The average molecular weight is 312 g/mol. The first-order chi connectivity index (χ1) is 8.66. The fraction of sp³-hybridized carbons (Fsp3) is 0.692. The van der Waals surface area contributed by atoms with Gasteiger partial charge >= 0.3 is 0 Å². The molecule has 2 heterocycles. The summed E-state index contributed by atoms with van der Waals surface area (Å²) in [4.78, 5) is 14.4. The topological polar surface area (TPSA) is 49.0 Å². The van der Waals surface area contributed by atoms with Crippen molar-refractivity contribution in [3.8, 4) is 0 Å². The second kappa shape index (κ2) is 4.68. The number of carbonyl (C=O) groups is 1. The van der Waals surface area contributed by atoms with Crippen LogP contribution in [0.3, 0.4) is 0 Å². The van der Waals surface area contributed by atoms with Gasteiger partial charge in [0.05, 0.1) is 10.2 Å². The number of carbonyl (C=O) groups excluding carboxylic acids is 1. The van der Waals surface area contributed by atoms with Crippen LogP contribution < -0.4 is 0 Å². The van der Waals surface area contributed by atoms with E-state index in [1.165, 1.54) is 19.3 Å². The summed E-state index contributed by atoms with van der Waals surface area (Å²) >= 11 is 3.53. The third-order valence-electron chi connectivity index (χ3n) is 3.86. The number of nitrogens with zero attached hydrogens (tertiary/aromatic N) is 2. The zero-order valence-corrected chi connectivity index (χ0v) is 12.2. The lowest BCUT2D eigenvalue weighted by Crippen LogP contribution is -2.39. The maximum absolute atomic E-state index is 12.4. The average Bonchev–Trinajstić information content (AvgIpc) is 3.12. The van der Waals surface area contributed by atoms with Gasteiger partial charge in [-0.15, -0.1) is 0 Å². The zero-order chi connectivity index (χ0) is 12.7. The molecule has 18 heavy (non-hydrogen) atoms. The molecule has 0 unspecified atom stereocenters. The largest absolute Gasteiger partial charge is 0.337 e. The van der Waals surface area contributed by atoms with Gasteiger partial charge in [0.1, 0.15) is 0 Å². The number of nitrogens with one attached hydrogen (secondary N) is 1. The molecule has 1 aliphatic carbocycles. The fourth-order valence-electron chi connectivity index (χ4n) is 2.65. The Morgan fingerprint density at radius 3 is 2.89 bits per heavy atom.